The molecule has 1 unspecified atom stereocenters. The molecule has 0 spiro atoms. The fourth-order valence-electron chi connectivity index (χ4n) is 3.01. The van der Waals surface area contributed by atoms with Gasteiger partial charge in [0.2, 0.25) is 5.91 Å². The molecule has 102 valence electrons. The van der Waals surface area contributed by atoms with Crippen molar-refractivity contribution in [2.45, 2.75) is 44.8 Å². The van der Waals surface area contributed by atoms with Gasteiger partial charge in [0.15, 0.2) is 0 Å². The van der Waals surface area contributed by atoms with Gasteiger partial charge in [0, 0.05) is 11.4 Å². The molecule has 1 fully saturated rings. The predicted molar refractivity (Wildman–Crippen MR) is 75.1 cm³/mol. The lowest BCUT2D eigenvalue weighted by atomic mass is 10.1. The van der Waals surface area contributed by atoms with Gasteiger partial charge in [-0.2, -0.15) is 0 Å². The topological polar surface area (TPSA) is 55.6 Å². The molecule has 1 saturated heterocycles. The standard InChI is InChI=1S/C15H20N2O2/c1-15(2)6-5-12(19-15)9-17-13-4-3-11(16)7-10(13)8-14(17)18/h3-4,7,12H,5-6,8-9,16H2,1-2H3. The van der Waals surface area contributed by atoms with Crippen molar-refractivity contribution in [1.82, 2.24) is 0 Å². The maximum Gasteiger partial charge on any atom is 0.231 e. The van der Waals surface area contributed by atoms with Gasteiger partial charge in [0.25, 0.3) is 0 Å². The molecular weight excluding hydrogens is 240 g/mol. The van der Waals surface area contributed by atoms with Gasteiger partial charge in [0.1, 0.15) is 0 Å². The molecule has 0 aliphatic carbocycles. The molecule has 0 saturated carbocycles. The van der Waals surface area contributed by atoms with E-state index in [0.717, 1.165) is 24.1 Å². The SMILES string of the molecule is CC1(C)CCC(CN2C(=O)Cc3cc(N)ccc32)O1. The number of benzene rings is 1. The summed E-state index contributed by atoms with van der Waals surface area (Å²) in [6, 6.07) is 5.69. The Morgan fingerprint density at radius 2 is 2.26 bits per heavy atom. The molecule has 0 bridgehead atoms. The second-order valence-electron chi connectivity index (χ2n) is 6.11. The quantitative estimate of drug-likeness (QED) is 0.829. The van der Waals surface area contributed by atoms with Gasteiger partial charge in [0.05, 0.1) is 24.7 Å². The van der Waals surface area contributed by atoms with E-state index in [1.54, 1.807) is 0 Å². The molecule has 2 N–H and O–H groups in total. The van der Waals surface area contributed by atoms with Crippen molar-refractivity contribution >= 4 is 17.3 Å². The van der Waals surface area contributed by atoms with Crippen molar-refractivity contribution in [1.29, 1.82) is 0 Å². The number of nitrogen functional groups attached to an aromatic ring is 1. The van der Waals surface area contributed by atoms with Gasteiger partial charge >= 0.3 is 0 Å². The molecule has 2 aliphatic heterocycles. The fourth-order valence-corrected chi connectivity index (χ4v) is 3.01. The summed E-state index contributed by atoms with van der Waals surface area (Å²) >= 11 is 0. The number of nitrogens with two attached hydrogens (primary N) is 1. The highest BCUT2D eigenvalue weighted by atomic mass is 16.5. The van der Waals surface area contributed by atoms with Crippen LogP contribution >= 0.6 is 0 Å². The Morgan fingerprint density at radius 3 is 2.95 bits per heavy atom. The van der Waals surface area contributed by atoms with Crippen LogP contribution in [-0.4, -0.2) is 24.2 Å². The molecule has 2 aliphatic rings. The van der Waals surface area contributed by atoms with E-state index < -0.39 is 0 Å². The second-order valence-corrected chi connectivity index (χ2v) is 6.11. The van der Waals surface area contributed by atoms with E-state index in [4.69, 9.17) is 10.5 Å². The Balaban J connectivity index is 1.78. The van der Waals surface area contributed by atoms with E-state index in [0.29, 0.717) is 18.7 Å². The van der Waals surface area contributed by atoms with Crippen LogP contribution in [0.5, 0.6) is 0 Å². The van der Waals surface area contributed by atoms with Crippen LogP contribution in [0.25, 0.3) is 0 Å². The van der Waals surface area contributed by atoms with Crippen molar-refractivity contribution in [3.63, 3.8) is 0 Å². The minimum atomic E-state index is -0.0582. The maximum atomic E-state index is 12.1. The number of fused-ring (bicyclic) bond motifs is 1. The van der Waals surface area contributed by atoms with E-state index in [9.17, 15) is 4.79 Å². The van der Waals surface area contributed by atoms with Gasteiger partial charge in [-0.3, -0.25) is 4.79 Å². The lowest BCUT2D eigenvalue weighted by molar-refractivity contribution is -0.118. The van der Waals surface area contributed by atoms with E-state index in [-0.39, 0.29) is 17.6 Å². The third-order valence-electron chi connectivity index (χ3n) is 3.98. The van der Waals surface area contributed by atoms with Gasteiger partial charge in [-0.1, -0.05) is 0 Å². The van der Waals surface area contributed by atoms with Gasteiger partial charge in [-0.15, -0.1) is 0 Å². The van der Waals surface area contributed by atoms with Crippen LogP contribution in [0, 0.1) is 0 Å². The molecule has 19 heavy (non-hydrogen) atoms. The molecule has 2 heterocycles. The Hall–Kier alpha value is -1.55. The van der Waals surface area contributed by atoms with Crippen molar-refractivity contribution in [3.05, 3.63) is 23.8 Å². The molecule has 1 aromatic carbocycles. The van der Waals surface area contributed by atoms with Gasteiger partial charge in [-0.05, 0) is 50.5 Å². The maximum absolute atomic E-state index is 12.1. The summed E-state index contributed by atoms with van der Waals surface area (Å²) in [5.74, 6) is 0.147. The average Bonchev–Trinajstić information content (AvgIpc) is 2.80. The number of anilines is 2. The molecule has 0 radical (unpaired) electrons. The molecule has 1 atom stereocenters. The first-order valence-corrected chi connectivity index (χ1v) is 6.81. The summed E-state index contributed by atoms with van der Waals surface area (Å²) < 4.78 is 5.98. The number of rotatable bonds is 2. The summed E-state index contributed by atoms with van der Waals surface area (Å²) in [5, 5.41) is 0. The number of amides is 1. The van der Waals surface area contributed by atoms with Crippen molar-refractivity contribution in [2.75, 3.05) is 17.2 Å². The van der Waals surface area contributed by atoms with E-state index in [1.165, 1.54) is 0 Å². The number of carbonyl (C=O) groups is 1. The van der Waals surface area contributed by atoms with Gasteiger partial charge < -0.3 is 15.4 Å². The lowest BCUT2D eigenvalue weighted by Gasteiger charge is -2.24. The summed E-state index contributed by atoms with van der Waals surface area (Å²) in [6.45, 7) is 4.86. The number of hydrogen-bond donors (Lipinski definition) is 1. The van der Waals surface area contributed by atoms with Crippen molar-refractivity contribution in [3.8, 4) is 0 Å². The van der Waals surface area contributed by atoms with Gasteiger partial charge in [-0.25, -0.2) is 0 Å². The zero-order valence-electron chi connectivity index (χ0n) is 11.5. The monoisotopic (exact) mass is 260 g/mol. The number of ether oxygens (including phenoxy) is 1. The van der Waals surface area contributed by atoms with E-state index in [2.05, 4.69) is 13.8 Å². The first kappa shape index (κ1) is 12.5. The Bertz CT molecular complexity index is 525. The number of hydrogen-bond acceptors (Lipinski definition) is 3. The van der Waals surface area contributed by atoms with Crippen LogP contribution in [-0.2, 0) is 16.0 Å². The molecule has 4 nitrogen and oxygen atoms in total. The third kappa shape index (κ3) is 2.32. The zero-order chi connectivity index (χ0) is 13.6. The summed E-state index contributed by atoms with van der Waals surface area (Å²) in [4.78, 5) is 14.0. The molecule has 4 heteroatoms. The van der Waals surface area contributed by atoms with Crippen LogP contribution < -0.4 is 10.6 Å². The lowest BCUT2D eigenvalue weighted by Crippen LogP contribution is -2.35. The Kier molecular flexibility index (Phi) is 2.78. The molecule has 3 rings (SSSR count). The minimum absolute atomic E-state index is 0.0582. The third-order valence-corrected chi connectivity index (χ3v) is 3.98. The largest absolute Gasteiger partial charge is 0.399 e. The first-order valence-electron chi connectivity index (χ1n) is 6.81. The molecular formula is C15H20N2O2. The highest BCUT2D eigenvalue weighted by molar-refractivity contribution is 6.01. The van der Waals surface area contributed by atoms with Crippen LogP contribution in [0.4, 0.5) is 11.4 Å². The zero-order valence-corrected chi connectivity index (χ0v) is 11.5. The van der Waals surface area contributed by atoms with Crippen molar-refractivity contribution < 1.29 is 9.53 Å². The second kappa shape index (κ2) is 4.23. The first-order chi connectivity index (χ1) is 8.94. The Morgan fingerprint density at radius 1 is 1.47 bits per heavy atom. The highest BCUT2D eigenvalue weighted by Crippen LogP contribution is 2.34. The molecule has 0 aromatic heterocycles. The van der Waals surface area contributed by atoms with Crippen LogP contribution in [0.3, 0.4) is 0 Å². The average molecular weight is 260 g/mol. The van der Waals surface area contributed by atoms with Crippen LogP contribution in [0.2, 0.25) is 0 Å². The van der Waals surface area contributed by atoms with E-state index in [1.807, 2.05) is 23.1 Å². The summed E-state index contributed by atoms with van der Waals surface area (Å²) in [5.41, 5.74) is 8.45. The van der Waals surface area contributed by atoms with Crippen LogP contribution in [0.15, 0.2) is 18.2 Å². The number of nitrogens with zero attached hydrogens (tertiary/aromatic N) is 1. The summed E-state index contributed by atoms with van der Waals surface area (Å²) in [6.07, 6.45) is 2.66. The van der Waals surface area contributed by atoms with Crippen molar-refractivity contribution in [2.24, 2.45) is 0 Å². The molecule has 1 amide bonds. The highest BCUT2D eigenvalue weighted by Gasteiger charge is 2.36. The smallest absolute Gasteiger partial charge is 0.231 e. The normalized spacial score (nSPS) is 24.8. The molecule has 1 aromatic rings. The van der Waals surface area contributed by atoms with E-state index >= 15 is 0 Å². The summed E-state index contributed by atoms with van der Waals surface area (Å²) in [7, 11) is 0. The fraction of sp³-hybridized carbons (Fsp3) is 0.533. The minimum Gasteiger partial charge on any atom is -0.399 e. The number of carbonyl (C=O) groups excluding carboxylic acids is 1. The van der Waals surface area contributed by atoms with Crippen LogP contribution in [0.1, 0.15) is 32.3 Å². The predicted octanol–water partition coefficient (Wildman–Crippen LogP) is 2.12. The Labute approximate surface area is 113 Å².